The van der Waals surface area contributed by atoms with Crippen LogP contribution in [-0.4, -0.2) is 60.8 Å². The highest BCUT2D eigenvalue weighted by Gasteiger charge is 2.22. The van der Waals surface area contributed by atoms with Crippen LogP contribution in [0.25, 0.3) is 21.5 Å². The third-order valence-corrected chi connectivity index (χ3v) is 11.3. The number of aryl methyl sites for hydroxylation is 2. The van der Waals surface area contributed by atoms with E-state index in [2.05, 4.69) is 0 Å². The van der Waals surface area contributed by atoms with Crippen LogP contribution in [-0.2, 0) is 20.2 Å². The predicted octanol–water partition coefficient (Wildman–Crippen LogP) is 9.06. The highest BCUT2D eigenvalue weighted by molar-refractivity contribution is 7.86. The zero-order valence-corrected chi connectivity index (χ0v) is 31.7. The molecular weight excluding hydrogens is 704 g/mol. The van der Waals surface area contributed by atoms with E-state index in [1.165, 1.54) is 0 Å². The van der Waals surface area contributed by atoms with Crippen LogP contribution in [0.1, 0.15) is 44.2 Å². The van der Waals surface area contributed by atoms with Crippen LogP contribution in [0.2, 0.25) is 0 Å². The summed E-state index contributed by atoms with van der Waals surface area (Å²) in [6, 6.07) is 24.0. The van der Waals surface area contributed by atoms with Crippen LogP contribution in [0.15, 0.2) is 119 Å². The van der Waals surface area contributed by atoms with Crippen LogP contribution in [0.5, 0.6) is 0 Å². The van der Waals surface area contributed by atoms with Gasteiger partial charge in [0, 0.05) is 47.6 Å². The third kappa shape index (κ3) is 9.64. The molecule has 0 bridgehead atoms. The summed E-state index contributed by atoms with van der Waals surface area (Å²) in [5, 5.41) is 4.92. The standard InChI is InChI=1S/C40H43ClN2O6S2/c1-28(42(24-26-50(44,45)46)38-22-20-32-10-5-7-14-36(32)30(38)3)16-18-34-12-9-13-35(40(34)41)19-17-29(2)43(25-27-51(47,48)49)39-23-21-33-11-6-8-15-37(33)31(39)4/h5-8,10-11,14-23H,9,12-13,24-27H2,1-4H3,(H-,44,45,46,47,48,49)/p+1. The molecule has 0 atom stereocenters. The van der Waals surface area contributed by atoms with Gasteiger partial charge in [-0.05, 0) is 96.5 Å². The smallest absolute Gasteiger partial charge is 0.271 e. The molecule has 8 nitrogen and oxygen atoms in total. The first-order valence-corrected chi connectivity index (χ1v) is 20.4. The molecule has 268 valence electrons. The van der Waals surface area contributed by atoms with Gasteiger partial charge >= 0.3 is 0 Å². The molecule has 4 aromatic carbocycles. The number of fused-ring (bicyclic) bond motifs is 2. The maximum absolute atomic E-state index is 11.8. The number of halogens is 1. The van der Waals surface area contributed by atoms with E-state index in [9.17, 15) is 25.9 Å². The lowest BCUT2D eigenvalue weighted by molar-refractivity contribution is -0.435. The highest BCUT2D eigenvalue weighted by Crippen LogP contribution is 2.35. The van der Waals surface area contributed by atoms with Gasteiger partial charge < -0.3 is 4.90 Å². The molecule has 0 unspecified atom stereocenters. The summed E-state index contributed by atoms with van der Waals surface area (Å²) in [6.45, 7) is 7.97. The second-order valence-electron chi connectivity index (χ2n) is 12.9. The van der Waals surface area contributed by atoms with E-state index in [0.29, 0.717) is 5.03 Å². The lowest BCUT2D eigenvalue weighted by Gasteiger charge is -2.27. The molecule has 1 aliphatic carbocycles. The number of nitrogens with zero attached hydrogens (tertiary/aromatic N) is 2. The predicted molar refractivity (Wildman–Crippen MR) is 211 cm³/mol. The largest absolute Gasteiger partial charge is 0.344 e. The molecule has 51 heavy (non-hydrogen) atoms. The van der Waals surface area contributed by atoms with Crippen molar-refractivity contribution in [2.45, 2.75) is 47.0 Å². The van der Waals surface area contributed by atoms with Crippen LogP contribution >= 0.6 is 11.6 Å². The lowest BCUT2D eigenvalue weighted by atomic mass is 9.94. The van der Waals surface area contributed by atoms with Crippen molar-refractivity contribution in [2.24, 2.45) is 0 Å². The minimum Gasteiger partial charge on any atom is -0.344 e. The molecule has 2 N–H and O–H groups in total. The van der Waals surface area contributed by atoms with Gasteiger partial charge in [0.25, 0.3) is 20.2 Å². The second kappa shape index (κ2) is 16.1. The fourth-order valence-corrected chi connectivity index (χ4v) is 7.77. The Morgan fingerprint density at radius 3 is 2.08 bits per heavy atom. The van der Waals surface area contributed by atoms with Gasteiger partial charge in [0.15, 0.2) is 12.3 Å². The van der Waals surface area contributed by atoms with Gasteiger partial charge in [-0.25, -0.2) is 0 Å². The fraction of sp³-hybridized carbons (Fsp3) is 0.275. The first-order valence-electron chi connectivity index (χ1n) is 16.8. The monoisotopic (exact) mass is 747 g/mol. The lowest BCUT2D eigenvalue weighted by Crippen LogP contribution is -2.28. The summed E-state index contributed by atoms with van der Waals surface area (Å²) in [6.07, 6.45) is 10.2. The fourth-order valence-electron chi connectivity index (χ4n) is 6.63. The maximum Gasteiger partial charge on any atom is 0.271 e. The maximum atomic E-state index is 11.8. The van der Waals surface area contributed by atoms with E-state index in [1.54, 1.807) is 0 Å². The topological polar surface area (TPSA) is 115 Å². The average molecular weight is 748 g/mol. The molecule has 4 aromatic rings. The van der Waals surface area contributed by atoms with E-state index in [-0.39, 0.29) is 13.1 Å². The first kappa shape index (κ1) is 38.2. The molecule has 0 spiro atoms. The number of hydrogen-bond donors (Lipinski definition) is 2. The van der Waals surface area contributed by atoms with Crippen molar-refractivity contribution in [3.63, 3.8) is 0 Å². The molecule has 0 saturated carbocycles. The quantitative estimate of drug-likeness (QED) is 0.0844. The molecule has 11 heteroatoms. The molecule has 0 aliphatic heterocycles. The van der Waals surface area contributed by atoms with Crippen molar-refractivity contribution in [3.8, 4) is 0 Å². The van der Waals surface area contributed by atoms with Crippen molar-refractivity contribution in [2.75, 3.05) is 29.5 Å². The SMILES string of the molecule is CC(/C=C/C1=C(Cl)C(=C/C=C(\C)N(CCS(=O)(=O)O)c2ccc3ccccc3c2C)/CCC1)=[N+](CCS(=O)(=O)O)c1ccc2ccccc2c1C. The molecular formula is C40H44ClN2O6S2+. The Balaban J connectivity index is 1.49. The Morgan fingerprint density at radius 1 is 0.824 bits per heavy atom. The van der Waals surface area contributed by atoms with Crippen LogP contribution in [0.4, 0.5) is 11.4 Å². The van der Waals surface area contributed by atoms with E-state index < -0.39 is 31.7 Å². The molecule has 0 aromatic heterocycles. The molecule has 0 saturated heterocycles. The van der Waals surface area contributed by atoms with Gasteiger partial charge in [-0.1, -0.05) is 78.4 Å². The van der Waals surface area contributed by atoms with Gasteiger partial charge in [0.2, 0.25) is 5.69 Å². The van der Waals surface area contributed by atoms with Gasteiger partial charge in [0.1, 0.15) is 5.75 Å². The Morgan fingerprint density at radius 2 is 1.43 bits per heavy atom. The molecule has 0 radical (unpaired) electrons. The van der Waals surface area contributed by atoms with E-state index in [1.807, 2.05) is 134 Å². The van der Waals surface area contributed by atoms with Crippen molar-refractivity contribution in [3.05, 3.63) is 130 Å². The van der Waals surface area contributed by atoms with Gasteiger partial charge in [-0.2, -0.15) is 21.4 Å². The Bertz CT molecular complexity index is 2360. The molecule has 1 aliphatic rings. The van der Waals surface area contributed by atoms with Crippen LogP contribution in [0, 0.1) is 13.8 Å². The summed E-state index contributed by atoms with van der Waals surface area (Å²) in [5.41, 5.74) is 7.18. The summed E-state index contributed by atoms with van der Waals surface area (Å²) < 4.78 is 68.2. The van der Waals surface area contributed by atoms with Crippen molar-refractivity contribution in [1.82, 2.24) is 0 Å². The highest BCUT2D eigenvalue weighted by atomic mass is 35.5. The summed E-state index contributed by atoms with van der Waals surface area (Å²) >= 11 is 7.00. The number of benzene rings is 4. The van der Waals surface area contributed by atoms with E-state index in [4.69, 9.17) is 11.6 Å². The van der Waals surface area contributed by atoms with E-state index >= 15 is 0 Å². The minimum absolute atomic E-state index is 0.0704. The Kier molecular flexibility index (Phi) is 12.0. The molecule has 5 rings (SSSR count). The van der Waals surface area contributed by atoms with Crippen molar-refractivity contribution in [1.29, 1.82) is 0 Å². The number of anilines is 1. The van der Waals surface area contributed by atoms with Gasteiger partial charge in [-0.3, -0.25) is 9.11 Å². The zero-order chi connectivity index (χ0) is 36.9. The minimum atomic E-state index is -4.20. The zero-order valence-electron chi connectivity index (χ0n) is 29.3. The molecule has 0 fully saturated rings. The molecule has 0 heterocycles. The number of rotatable bonds is 12. The Labute approximate surface area is 306 Å². The summed E-state index contributed by atoms with van der Waals surface area (Å²) in [5.74, 6) is -0.848. The average Bonchev–Trinajstić information content (AvgIpc) is 3.08. The molecule has 0 amide bonds. The second-order valence-corrected chi connectivity index (χ2v) is 16.4. The summed E-state index contributed by atoms with van der Waals surface area (Å²) in [4.78, 5) is 1.90. The van der Waals surface area contributed by atoms with Crippen molar-refractivity contribution < 1.29 is 30.5 Å². The van der Waals surface area contributed by atoms with Crippen LogP contribution in [0.3, 0.4) is 0 Å². The number of hydrogen-bond acceptors (Lipinski definition) is 5. The van der Waals surface area contributed by atoms with Crippen molar-refractivity contribution >= 4 is 70.5 Å². The van der Waals surface area contributed by atoms with Crippen LogP contribution < -0.4 is 4.90 Å². The number of allylic oxidation sites excluding steroid dienone is 8. The third-order valence-electron chi connectivity index (χ3n) is 9.43. The normalized spacial score (nSPS) is 16.1. The summed E-state index contributed by atoms with van der Waals surface area (Å²) in [7, 11) is -8.39. The van der Waals surface area contributed by atoms with Gasteiger partial charge in [0.05, 0.1) is 5.75 Å². The van der Waals surface area contributed by atoms with E-state index in [0.717, 1.165) is 85.9 Å². The van der Waals surface area contributed by atoms with Gasteiger partial charge in [-0.15, -0.1) is 0 Å². The Hall–Kier alpha value is -4.06. The first-order chi connectivity index (χ1) is 24.1.